The highest BCUT2D eigenvalue weighted by Gasteiger charge is 2.29. The second kappa shape index (κ2) is 4.91. The molecule has 0 radical (unpaired) electrons. The molecule has 88 valence electrons. The van der Waals surface area contributed by atoms with Gasteiger partial charge in [-0.1, -0.05) is 12.1 Å². The van der Waals surface area contributed by atoms with Crippen molar-refractivity contribution in [3.63, 3.8) is 0 Å². The number of hydrogen-bond acceptors (Lipinski definition) is 1. The summed E-state index contributed by atoms with van der Waals surface area (Å²) in [6.07, 6.45) is 4.00. The monoisotopic (exact) mass is 225 g/mol. The minimum Gasteiger partial charge on any atom is -0.317 e. The molecule has 1 atom stereocenters. The molecule has 0 aliphatic heterocycles. The normalized spacial score (nSPS) is 17.4. The maximum Gasteiger partial charge on any atom is 0.162 e. The van der Waals surface area contributed by atoms with Gasteiger partial charge in [-0.3, -0.25) is 0 Å². The van der Waals surface area contributed by atoms with Gasteiger partial charge in [-0.2, -0.15) is 0 Å². The first kappa shape index (κ1) is 11.5. The van der Waals surface area contributed by atoms with Crippen LogP contribution in [0.3, 0.4) is 0 Å². The Morgan fingerprint density at radius 2 is 2.12 bits per heavy atom. The molecule has 2 rings (SSSR count). The second-order valence-electron chi connectivity index (χ2n) is 4.48. The third-order valence-electron chi connectivity index (χ3n) is 3.32. The molecule has 0 bridgehead atoms. The molecule has 1 saturated carbocycles. The van der Waals surface area contributed by atoms with Crippen molar-refractivity contribution in [2.75, 3.05) is 7.05 Å². The predicted molar refractivity (Wildman–Crippen MR) is 60.3 cm³/mol. The minimum absolute atomic E-state index is 0.447. The van der Waals surface area contributed by atoms with E-state index >= 15 is 0 Å². The minimum atomic E-state index is -0.745. The van der Waals surface area contributed by atoms with Gasteiger partial charge in [0.15, 0.2) is 11.6 Å². The number of nitrogens with one attached hydrogen (secondary N) is 1. The Morgan fingerprint density at radius 3 is 2.75 bits per heavy atom. The zero-order chi connectivity index (χ0) is 11.5. The van der Waals surface area contributed by atoms with Crippen molar-refractivity contribution in [1.29, 1.82) is 0 Å². The van der Waals surface area contributed by atoms with Crippen LogP contribution in [0.1, 0.15) is 24.8 Å². The van der Waals surface area contributed by atoms with Gasteiger partial charge >= 0.3 is 0 Å². The zero-order valence-electron chi connectivity index (χ0n) is 9.47. The van der Waals surface area contributed by atoms with Gasteiger partial charge in [0.05, 0.1) is 0 Å². The highest BCUT2D eigenvalue weighted by atomic mass is 19.2. The first-order valence-electron chi connectivity index (χ1n) is 5.82. The third-order valence-corrected chi connectivity index (χ3v) is 3.32. The van der Waals surface area contributed by atoms with Crippen molar-refractivity contribution >= 4 is 0 Å². The molecule has 0 aromatic heterocycles. The lowest BCUT2D eigenvalue weighted by atomic mass is 10.0. The lowest BCUT2D eigenvalue weighted by molar-refractivity contribution is 0.456. The average Bonchev–Trinajstić information content (AvgIpc) is 3.09. The van der Waals surface area contributed by atoms with E-state index in [1.807, 2.05) is 7.05 Å². The van der Waals surface area contributed by atoms with E-state index in [4.69, 9.17) is 0 Å². The molecule has 1 aliphatic rings. The molecule has 0 spiro atoms. The molecule has 0 amide bonds. The van der Waals surface area contributed by atoms with Crippen LogP contribution >= 0.6 is 0 Å². The Hall–Kier alpha value is -0.960. The maximum absolute atomic E-state index is 13.4. The summed E-state index contributed by atoms with van der Waals surface area (Å²) in [7, 11) is 1.94. The molecule has 3 heteroatoms. The largest absolute Gasteiger partial charge is 0.317 e. The fraction of sp³-hybridized carbons (Fsp3) is 0.538. The van der Waals surface area contributed by atoms with Crippen LogP contribution < -0.4 is 5.32 Å². The molecule has 16 heavy (non-hydrogen) atoms. The Kier molecular flexibility index (Phi) is 3.54. The van der Waals surface area contributed by atoms with E-state index in [9.17, 15) is 8.78 Å². The Morgan fingerprint density at radius 1 is 1.38 bits per heavy atom. The Balaban J connectivity index is 1.95. The third kappa shape index (κ3) is 2.59. The van der Waals surface area contributed by atoms with Gasteiger partial charge in [-0.05, 0) is 50.3 Å². The number of rotatable bonds is 5. The fourth-order valence-corrected chi connectivity index (χ4v) is 2.17. The SMILES string of the molecule is CNC(CCc1cccc(F)c1F)C1CC1. The van der Waals surface area contributed by atoms with E-state index < -0.39 is 11.6 Å². The van der Waals surface area contributed by atoms with Gasteiger partial charge in [-0.15, -0.1) is 0 Å². The summed E-state index contributed by atoms with van der Waals surface area (Å²) in [5.41, 5.74) is 0.487. The molecule has 0 heterocycles. The van der Waals surface area contributed by atoms with Crippen molar-refractivity contribution in [1.82, 2.24) is 5.32 Å². The Labute approximate surface area is 94.9 Å². The van der Waals surface area contributed by atoms with Crippen LogP contribution in [0.25, 0.3) is 0 Å². The lowest BCUT2D eigenvalue weighted by Gasteiger charge is -2.15. The fourth-order valence-electron chi connectivity index (χ4n) is 2.17. The summed E-state index contributed by atoms with van der Waals surface area (Å²) < 4.78 is 26.3. The average molecular weight is 225 g/mol. The molecule has 1 nitrogen and oxygen atoms in total. The summed E-state index contributed by atoms with van der Waals surface area (Å²) in [5.74, 6) is -0.695. The van der Waals surface area contributed by atoms with Crippen LogP contribution in [0.5, 0.6) is 0 Å². The number of hydrogen-bond donors (Lipinski definition) is 1. The van der Waals surface area contributed by atoms with Crippen LogP contribution in [-0.4, -0.2) is 13.1 Å². The van der Waals surface area contributed by atoms with Crippen LogP contribution in [-0.2, 0) is 6.42 Å². The van der Waals surface area contributed by atoms with Gasteiger partial charge < -0.3 is 5.32 Å². The van der Waals surface area contributed by atoms with E-state index in [1.165, 1.54) is 12.8 Å². The number of halogens is 2. The molecular formula is C13H17F2N. The summed E-state index contributed by atoms with van der Waals surface area (Å²) in [5, 5.41) is 3.25. The molecule has 1 aliphatic carbocycles. The van der Waals surface area contributed by atoms with E-state index in [0.717, 1.165) is 18.4 Å². The van der Waals surface area contributed by atoms with Crippen molar-refractivity contribution in [3.8, 4) is 0 Å². The van der Waals surface area contributed by atoms with Crippen LogP contribution in [0.4, 0.5) is 8.78 Å². The van der Waals surface area contributed by atoms with Gasteiger partial charge in [-0.25, -0.2) is 8.78 Å². The highest BCUT2D eigenvalue weighted by Crippen LogP contribution is 2.34. The topological polar surface area (TPSA) is 12.0 Å². The van der Waals surface area contributed by atoms with E-state index in [1.54, 1.807) is 12.1 Å². The lowest BCUT2D eigenvalue weighted by Crippen LogP contribution is -2.27. The molecule has 0 saturated heterocycles. The van der Waals surface area contributed by atoms with Crippen molar-refractivity contribution in [2.45, 2.75) is 31.7 Å². The van der Waals surface area contributed by atoms with E-state index in [0.29, 0.717) is 18.0 Å². The van der Waals surface area contributed by atoms with Gasteiger partial charge in [0.2, 0.25) is 0 Å². The van der Waals surface area contributed by atoms with Crippen molar-refractivity contribution in [2.24, 2.45) is 5.92 Å². The Bertz CT molecular complexity index is 361. The summed E-state index contributed by atoms with van der Waals surface area (Å²) >= 11 is 0. The second-order valence-corrected chi connectivity index (χ2v) is 4.48. The number of benzene rings is 1. The van der Waals surface area contributed by atoms with Gasteiger partial charge in [0.1, 0.15) is 0 Å². The predicted octanol–water partition coefficient (Wildman–Crippen LogP) is 2.90. The van der Waals surface area contributed by atoms with Gasteiger partial charge in [0, 0.05) is 6.04 Å². The van der Waals surface area contributed by atoms with Crippen LogP contribution in [0, 0.1) is 17.6 Å². The molecule has 1 aromatic carbocycles. The zero-order valence-corrected chi connectivity index (χ0v) is 9.47. The van der Waals surface area contributed by atoms with Crippen LogP contribution in [0.15, 0.2) is 18.2 Å². The van der Waals surface area contributed by atoms with E-state index in [2.05, 4.69) is 5.32 Å². The molecule has 1 N–H and O–H groups in total. The molecule has 1 aromatic rings. The maximum atomic E-state index is 13.4. The molecule has 1 fully saturated rings. The van der Waals surface area contributed by atoms with Crippen molar-refractivity contribution in [3.05, 3.63) is 35.4 Å². The standard InChI is InChI=1S/C13H17F2N/c1-16-12(9-5-6-9)8-7-10-3-2-4-11(14)13(10)15/h2-4,9,12,16H,5-8H2,1H3. The highest BCUT2D eigenvalue weighted by molar-refractivity contribution is 5.19. The molecular weight excluding hydrogens is 208 g/mol. The summed E-state index contributed by atoms with van der Waals surface area (Å²) in [6.45, 7) is 0. The summed E-state index contributed by atoms with van der Waals surface area (Å²) in [4.78, 5) is 0. The van der Waals surface area contributed by atoms with Crippen molar-refractivity contribution < 1.29 is 8.78 Å². The van der Waals surface area contributed by atoms with Gasteiger partial charge in [0.25, 0.3) is 0 Å². The van der Waals surface area contributed by atoms with Crippen LogP contribution in [0.2, 0.25) is 0 Å². The van der Waals surface area contributed by atoms with E-state index in [-0.39, 0.29) is 0 Å². The first-order valence-corrected chi connectivity index (χ1v) is 5.82. The number of aryl methyl sites for hydroxylation is 1. The first-order chi connectivity index (χ1) is 7.72. The summed E-state index contributed by atoms with van der Waals surface area (Å²) in [6, 6.07) is 4.84. The molecule has 1 unspecified atom stereocenters. The smallest absolute Gasteiger partial charge is 0.162 e. The quantitative estimate of drug-likeness (QED) is 0.812.